The topological polar surface area (TPSA) is 58.6 Å². The number of amides is 2. The molecule has 2 rings (SSSR count). The summed E-state index contributed by atoms with van der Waals surface area (Å²) in [6, 6.07) is 14.8. The van der Waals surface area contributed by atoms with Crippen LogP contribution in [0.15, 0.2) is 48.5 Å². The molecule has 1 N–H and O–H groups in total. The molecule has 0 aliphatic carbocycles. The molecule has 0 aliphatic rings. The molecule has 2 amide bonds. The monoisotopic (exact) mass is 494 g/mol. The number of aryl methyl sites for hydroxylation is 1. The number of carbonyl (C=O) groups is 2. The zero-order valence-corrected chi connectivity index (χ0v) is 18.7. The molecule has 6 heteroatoms. The summed E-state index contributed by atoms with van der Waals surface area (Å²) >= 11 is 2.22. The van der Waals surface area contributed by atoms with Crippen molar-refractivity contribution in [3.05, 3.63) is 63.2 Å². The fourth-order valence-corrected chi connectivity index (χ4v) is 3.07. The molecule has 150 valence electrons. The van der Waals surface area contributed by atoms with Crippen molar-refractivity contribution in [2.24, 2.45) is 0 Å². The minimum Gasteiger partial charge on any atom is -0.484 e. The first-order valence-electron chi connectivity index (χ1n) is 9.42. The van der Waals surface area contributed by atoms with Gasteiger partial charge in [-0.2, -0.15) is 0 Å². The molecule has 0 aliphatic heterocycles. The Morgan fingerprint density at radius 2 is 1.82 bits per heavy atom. The van der Waals surface area contributed by atoms with E-state index in [0.717, 1.165) is 21.1 Å². The van der Waals surface area contributed by atoms with Gasteiger partial charge in [0.1, 0.15) is 11.8 Å². The van der Waals surface area contributed by atoms with Gasteiger partial charge in [-0.25, -0.2) is 0 Å². The molecule has 0 saturated carbocycles. The highest BCUT2D eigenvalue weighted by Crippen LogP contribution is 2.16. The zero-order chi connectivity index (χ0) is 20.5. The molecular formula is C22H27IN2O3. The average Bonchev–Trinajstić information content (AvgIpc) is 2.70. The third kappa shape index (κ3) is 6.51. The van der Waals surface area contributed by atoms with Gasteiger partial charge in [0, 0.05) is 16.7 Å². The summed E-state index contributed by atoms with van der Waals surface area (Å²) in [6.45, 7) is 6.60. The zero-order valence-electron chi connectivity index (χ0n) is 16.6. The SMILES string of the molecule is CCCNC(=O)[C@@H](C)N(Cc1ccccc1C)C(=O)COc1ccc(I)cc1. The van der Waals surface area contributed by atoms with Crippen LogP contribution in [0.25, 0.3) is 0 Å². The number of hydrogen-bond acceptors (Lipinski definition) is 3. The minimum absolute atomic E-state index is 0.113. The van der Waals surface area contributed by atoms with Crippen molar-refractivity contribution in [3.8, 4) is 5.75 Å². The van der Waals surface area contributed by atoms with Gasteiger partial charge in [0.25, 0.3) is 5.91 Å². The molecule has 0 aromatic heterocycles. The van der Waals surface area contributed by atoms with Crippen molar-refractivity contribution in [2.45, 2.75) is 39.8 Å². The van der Waals surface area contributed by atoms with Gasteiger partial charge >= 0.3 is 0 Å². The molecule has 5 nitrogen and oxygen atoms in total. The number of ether oxygens (including phenoxy) is 1. The summed E-state index contributed by atoms with van der Waals surface area (Å²) in [5, 5.41) is 2.87. The quantitative estimate of drug-likeness (QED) is 0.538. The molecule has 0 heterocycles. The molecule has 0 bridgehead atoms. The van der Waals surface area contributed by atoms with Crippen LogP contribution in [0.3, 0.4) is 0 Å². The standard InChI is InChI=1S/C22H27IN2O3/c1-4-13-24-22(27)17(3)25(14-18-8-6-5-7-16(18)2)21(26)15-28-20-11-9-19(23)10-12-20/h5-12,17H,4,13-15H2,1-3H3,(H,24,27)/t17-/m1/s1. The van der Waals surface area contributed by atoms with Gasteiger partial charge in [-0.1, -0.05) is 31.2 Å². The van der Waals surface area contributed by atoms with Crippen LogP contribution in [0.1, 0.15) is 31.4 Å². The Bertz CT molecular complexity index is 793. The highest BCUT2D eigenvalue weighted by atomic mass is 127. The van der Waals surface area contributed by atoms with Crippen molar-refractivity contribution in [1.82, 2.24) is 10.2 Å². The lowest BCUT2D eigenvalue weighted by Gasteiger charge is -2.29. The van der Waals surface area contributed by atoms with E-state index in [1.807, 2.05) is 62.4 Å². The van der Waals surface area contributed by atoms with E-state index >= 15 is 0 Å². The summed E-state index contributed by atoms with van der Waals surface area (Å²) in [4.78, 5) is 27.0. The number of benzene rings is 2. The van der Waals surface area contributed by atoms with Crippen LogP contribution < -0.4 is 10.1 Å². The van der Waals surface area contributed by atoms with Crippen molar-refractivity contribution in [1.29, 1.82) is 0 Å². The molecule has 0 unspecified atom stereocenters. The Balaban J connectivity index is 2.13. The summed E-state index contributed by atoms with van der Waals surface area (Å²) in [5.74, 6) is 0.256. The minimum atomic E-state index is -0.584. The van der Waals surface area contributed by atoms with E-state index in [9.17, 15) is 9.59 Å². The van der Waals surface area contributed by atoms with Crippen molar-refractivity contribution < 1.29 is 14.3 Å². The predicted molar refractivity (Wildman–Crippen MR) is 119 cm³/mol. The van der Waals surface area contributed by atoms with Crippen LogP contribution in [0, 0.1) is 10.5 Å². The number of halogens is 1. The van der Waals surface area contributed by atoms with Gasteiger partial charge < -0.3 is 15.0 Å². The molecule has 28 heavy (non-hydrogen) atoms. The number of carbonyl (C=O) groups excluding carboxylic acids is 2. The van der Waals surface area contributed by atoms with E-state index in [0.29, 0.717) is 18.8 Å². The number of hydrogen-bond donors (Lipinski definition) is 1. The smallest absolute Gasteiger partial charge is 0.261 e. The Morgan fingerprint density at radius 1 is 1.14 bits per heavy atom. The summed E-state index contributed by atoms with van der Waals surface area (Å²) in [7, 11) is 0. The predicted octanol–water partition coefficient (Wildman–Crippen LogP) is 3.92. The van der Waals surface area contributed by atoms with Crippen LogP contribution in [0.2, 0.25) is 0 Å². The highest BCUT2D eigenvalue weighted by Gasteiger charge is 2.26. The fraction of sp³-hybridized carbons (Fsp3) is 0.364. The first-order chi connectivity index (χ1) is 13.4. The molecular weight excluding hydrogens is 467 g/mol. The van der Waals surface area contributed by atoms with Crippen LogP contribution >= 0.6 is 22.6 Å². The molecule has 0 fully saturated rings. The van der Waals surface area contributed by atoms with Gasteiger partial charge in [-0.05, 0) is 78.3 Å². The lowest BCUT2D eigenvalue weighted by atomic mass is 10.1. The summed E-state index contributed by atoms with van der Waals surface area (Å²) < 4.78 is 6.75. The van der Waals surface area contributed by atoms with Gasteiger partial charge in [0.05, 0.1) is 0 Å². The molecule has 0 spiro atoms. The lowest BCUT2D eigenvalue weighted by molar-refractivity contribution is -0.142. The maximum atomic E-state index is 12.9. The molecule has 0 saturated heterocycles. The second-order valence-corrected chi connectivity index (χ2v) is 7.90. The van der Waals surface area contributed by atoms with Gasteiger partial charge in [0.2, 0.25) is 5.91 Å². The van der Waals surface area contributed by atoms with E-state index in [-0.39, 0.29) is 18.4 Å². The molecule has 0 radical (unpaired) electrons. The first-order valence-corrected chi connectivity index (χ1v) is 10.5. The van der Waals surface area contributed by atoms with Crippen LogP contribution in [0.5, 0.6) is 5.75 Å². The third-order valence-corrected chi connectivity index (χ3v) is 5.21. The van der Waals surface area contributed by atoms with E-state index in [4.69, 9.17) is 4.74 Å². The van der Waals surface area contributed by atoms with E-state index < -0.39 is 6.04 Å². The molecule has 2 aromatic rings. The lowest BCUT2D eigenvalue weighted by Crippen LogP contribution is -2.49. The third-order valence-electron chi connectivity index (χ3n) is 4.49. The second kappa shape index (κ2) is 11.0. The van der Waals surface area contributed by atoms with Crippen LogP contribution in [-0.2, 0) is 16.1 Å². The second-order valence-electron chi connectivity index (χ2n) is 6.66. The maximum Gasteiger partial charge on any atom is 0.261 e. The molecule has 1 atom stereocenters. The molecule has 2 aromatic carbocycles. The van der Waals surface area contributed by atoms with E-state index in [2.05, 4.69) is 27.9 Å². The van der Waals surface area contributed by atoms with E-state index in [1.165, 1.54) is 0 Å². The van der Waals surface area contributed by atoms with Crippen LogP contribution in [0.4, 0.5) is 0 Å². The average molecular weight is 494 g/mol. The van der Waals surface area contributed by atoms with Gasteiger partial charge in [-0.15, -0.1) is 0 Å². The van der Waals surface area contributed by atoms with Crippen molar-refractivity contribution >= 4 is 34.4 Å². The number of rotatable bonds is 9. The Labute approximate surface area is 180 Å². The number of nitrogens with one attached hydrogen (secondary N) is 1. The van der Waals surface area contributed by atoms with Crippen molar-refractivity contribution in [3.63, 3.8) is 0 Å². The largest absolute Gasteiger partial charge is 0.484 e. The highest BCUT2D eigenvalue weighted by molar-refractivity contribution is 14.1. The number of nitrogens with zero attached hydrogens (tertiary/aromatic N) is 1. The fourth-order valence-electron chi connectivity index (χ4n) is 2.71. The van der Waals surface area contributed by atoms with Crippen molar-refractivity contribution in [2.75, 3.05) is 13.2 Å². The maximum absolute atomic E-state index is 12.9. The van der Waals surface area contributed by atoms with Gasteiger partial charge in [-0.3, -0.25) is 9.59 Å². The Kier molecular flexibility index (Phi) is 8.76. The summed E-state index contributed by atoms with van der Waals surface area (Å²) in [6.07, 6.45) is 0.847. The normalized spacial score (nSPS) is 11.6. The van der Waals surface area contributed by atoms with E-state index in [1.54, 1.807) is 11.8 Å². The summed E-state index contributed by atoms with van der Waals surface area (Å²) in [5.41, 5.74) is 2.10. The van der Waals surface area contributed by atoms with Gasteiger partial charge in [0.15, 0.2) is 6.61 Å². The van der Waals surface area contributed by atoms with Crippen LogP contribution in [-0.4, -0.2) is 35.9 Å². The Hall–Kier alpha value is -2.09. The first kappa shape index (κ1) is 22.2. The Morgan fingerprint density at radius 3 is 2.46 bits per heavy atom.